The molecule has 0 heterocycles. The number of phosphoric ester groups is 1. The van der Waals surface area contributed by atoms with Crippen LogP contribution in [0.5, 0.6) is 11.5 Å². The summed E-state index contributed by atoms with van der Waals surface area (Å²) in [5, 5.41) is 0. The van der Waals surface area contributed by atoms with Crippen molar-refractivity contribution in [1.29, 1.82) is 0 Å². The van der Waals surface area contributed by atoms with Crippen LogP contribution >= 0.6 is 51.0 Å². The molecule has 0 spiro atoms. The number of benzene rings is 6. The molecule has 62 heavy (non-hydrogen) atoms. The maximum atomic E-state index is 13.2. The highest BCUT2D eigenvalue weighted by Gasteiger charge is 2.39. The Morgan fingerprint density at radius 1 is 0.387 bits per heavy atom. The monoisotopic (exact) mass is 928 g/mol. The summed E-state index contributed by atoms with van der Waals surface area (Å²) in [5.41, 5.74) is 4.55. The molecule has 0 bridgehead atoms. The normalized spacial score (nSPS) is 12.0. The van der Waals surface area contributed by atoms with E-state index >= 15 is 0 Å². The van der Waals surface area contributed by atoms with Gasteiger partial charge < -0.3 is 18.9 Å². The molecule has 0 aliphatic carbocycles. The zero-order valence-electron chi connectivity index (χ0n) is 35.2. The first-order chi connectivity index (χ1) is 30.5. The summed E-state index contributed by atoms with van der Waals surface area (Å²) in [4.78, 5) is 0. The standard InChI is InChI=1S/C49H53O8PS4/c1-51-46-28-24-44(25-29-46)48(40-16-8-4-9-17-40,41-18-10-5-11-19-41)54-32-36-59-61-38-34-56-58(50,53-3)57-35-39-62-60-37-33-55-49(42-20-12-6-13-21-42,43-22-14-7-15-23-43)45-26-30-47(52-2)31-27-45/h4-31H,32-39H2,1-3H3. The topological polar surface area (TPSA) is 81.7 Å². The lowest BCUT2D eigenvalue weighted by Crippen LogP contribution is -2.33. The largest absolute Gasteiger partial charge is 0.497 e. The minimum atomic E-state index is -3.70. The fourth-order valence-corrected chi connectivity index (χ4v) is 11.5. The molecule has 6 aromatic carbocycles. The quantitative estimate of drug-likeness (QED) is 0.0213. The molecule has 0 amide bonds. The SMILES string of the molecule is COc1ccc(C(OCCSSCCOP(=O)(OC)OCCSSCCOC(c2ccccc2)(c2ccccc2)c2ccc(OC)cc2)(c2ccccc2)c2ccccc2)cc1. The highest BCUT2D eigenvalue weighted by molar-refractivity contribution is 8.77. The molecule has 0 saturated carbocycles. The van der Waals surface area contributed by atoms with Crippen LogP contribution in [0, 0.1) is 0 Å². The third-order valence-corrected chi connectivity index (χ3v) is 16.0. The number of rotatable bonds is 27. The van der Waals surface area contributed by atoms with Gasteiger partial charge in [0.25, 0.3) is 0 Å². The average Bonchev–Trinajstić information content (AvgIpc) is 3.34. The summed E-state index contributed by atoms with van der Waals surface area (Å²) >= 11 is 0. The van der Waals surface area contributed by atoms with Crippen molar-refractivity contribution in [2.75, 3.05) is 70.8 Å². The second-order valence-electron chi connectivity index (χ2n) is 13.6. The van der Waals surface area contributed by atoms with Crippen molar-refractivity contribution >= 4 is 51.0 Å². The van der Waals surface area contributed by atoms with Gasteiger partial charge in [-0.3, -0.25) is 13.6 Å². The van der Waals surface area contributed by atoms with Crippen molar-refractivity contribution in [1.82, 2.24) is 0 Å². The van der Waals surface area contributed by atoms with Crippen LogP contribution in [0.2, 0.25) is 0 Å². The summed E-state index contributed by atoms with van der Waals surface area (Å²) in [7, 11) is 7.58. The van der Waals surface area contributed by atoms with Crippen LogP contribution in [0.4, 0.5) is 0 Å². The molecule has 13 heteroatoms. The fourth-order valence-electron chi connectivity index (χ4n) is 7.05. The maximum Gasteiger partial charge on any atom is 0.474 e. The second-order valence-corrected chi connectivity index (χ2v) is 20.7. The predicted molar refractivity (Wildman–Crippen MR) is 260 cm³/mol. The van der Waals surface area contributed by atoms with Crippen LogP contribution in [-0.4, -0.2) is 70.8 Å². The van der Waals surface area contributed by atoms with E-state index in [1.54, 1.807) is 57.4 Å². The molecule has 0 aliphatic rings. The van der Waals surface area contributed by atoms with Crippen molar-refractivity contribution < 1.29 is 37.1 Å². The molecule has 326 valence electrons. The van der Waals surface area contributed by atoms with Crippen molar-refractivity contribution in [2.45, 2.75) is 11.2 Å². The van der Waals surface area contributed by atoms with Gasteiger partial charge in [-0.25, -0.2) is 4.57 Å². The number of hydrogen-bond acceptors (Lipinski definition) is 12. The summed E-state index contributed by atoms with van der Waals surface area (Å²) in [6, 6.07) is 57.3. The molecule has 0 aliphatic heterocycles. The Morgan fingerprint density at radius 3 is 0.935 bits per heavy atom. The van der Waals surface area contributed by atoms with Gasteiger partial charge in [-0.05, 0) is 57.6 Å². The van der Waals surface area contributed by atoms with Crippen LogP contribution in [0.25, 0.3) is 0 Å². The highest BCUT2D eigenvalue weighted by Crippen LogP contribution is 2.49. The number of ether oxygens (including phenoxy) is 4. The first kappa shape index (κ1) is 47.8. The Kier molecular flexibility index (Phi) is 19.3. The van der Waals surface area contributed by atoms with E-state index in [0.29, 0.717) is 24.7 Å². The Labute approximate surface area is 382 Å². The van der Waals surface area contributed by atoms with Crippen molar-refractivity contribution in [3.8, 4) is 11.5 Å². The maximum absolute atomic E-state index is 13.2. The number of hydrogen-bond donors (Lipinski definition) is 0. The number of methoxy groups -OCH3 is 2. The Balaban J connectivity index is 0.932. The highest BCUT2D eigenvalue weighted by atomic mass is 33.1. The van der Waals surface area contributed by atoms with Crippen LogP contribution in [0.1, 0.15) is 33.4 Å². The third-order valence-electron chi connectivity index (χ3n) is 9.91. The number of phosphoric acid groups is 1. The van der Waals surface area contributed by atoms with Gasteiger partial charge in [0.2, 0.25) is 0 Å². The third kappa shape index (κ3) is 12.5. The van der Waals surface area contributed by atoms with Gasteiger partial charge in [0.05, 0.1) is 40.6 Å². The zero-order chi connectivity index (χ0) is 43.4. The summed E-state index contributed by atoms with van der Waals surface area (Å²) in [6.07, 6.45) is 0. The summed E-state index contributed by atoms with van der Waals surface area (Å²) < 4.78 is 54.4. The second kappa shape index (κ2) is 25.0. The molecule has 6 aromatic rings. The van der Waals surface area contributed by atoms with Crippen LogP contribution in [-0.2, 0) is 38.8 Å². The van der Waals surface area contributed by atoms with Gasteiger partial charge >= 0.3 is 7.82 Å². The van der Waals surface area contributed by atoms with Crippen molar-refractivity contribution in [2.24, 2.45) is 0 Å². The van der Waals surface area contributed by atoms with Crippen molar-refractivity contribution in [3.63, 3.8) is 0 Å². The van der Waals surface area contributed by atoms with Gasteiger partial charge in [0, 0.05) is 30.1 Å². The molecule has 0 atom stereocenters. The van der Waals surface area contributed by atoms with E-state index in [4.69, 9.17) is 32.5 Å². The Bertz CT molecular complexity index is 1970. The van der Waals surface area contributed by atoms with Crippen molar-refractivity contribution in [3.05, 3.63) is 203 Å². The molecule has 0 saturated heterocycles. The van der Waals surface area contributed by atoms with Gasteiger partial charge in [0.15, 0.2) is 0 Å². The minimum absolute atomic E-state index is 0.214. The van der Waals surface area contributed by atoms with Crippen LogP contribution in [0.3, 0.4) is 0 Å². The van der Waals surface area contributed by atoms with Gasteiger partial charge in [-0.15, -0.1) is 0 Å². The average molecular weight is 929 g/mol. The lowest BCUT2D eigenvalue weighted by molar-refractivity contribution is 0.0233. The fraction of sp³-hybridized carbons (Fsp3) is 0.265. The van der Waals surface area contributed by atoms with Gasteiger partial charge in [0.1, 0.15) is 22.7 Å². The minimum Gasteiger partial charge on any atom is -0.497 e. The van der Waals surface area contributed by atoms with E-state index in [9.17, 15) is 4.57 Å². The Morgan fingerprint density at radius 2 is 0.661 bits per heavy atom. The first-order valence-corrected chi connectivity index (χ1v) is 26.6. The lowest BCUT2D eigenvalue weighted by Gasteiger charge is -2.36. The van der Waals surface area contributed by atoms with Crippen LogP contribution < -0.4 is 9.47 Å². The zero-order valence-corrected chi connectivity index (χ0v) is 39.3. The Hall–Kier alpha value is -3.65. The smallest absolute Gasteiger partial charge is 0.474 e. The van der Waals surface area contributed by atoms with E-state index in [0.717, 1.165) is 56.4 Å². The molecular weight excluding hydrogens is 876 g/mol. The molecular formula is C49H53O8PS4. The van der Waals surface area contributed by atoms with E-state index in [1.807, 2.05) is 97.1 Å². The van der Waals surface area contributed by atoms with E-state index in [1.165, 1.54) is 7.11 Å². The molecule has 0 aromatic heterocycles. The molecule has 0 N–H and O–H groups in total. The van der Waals surface area contributed by atoms with E-state index in [2.05, 4.69) is 72.8 Å². The van der Waals surface area contributed by atoms with E-state index in [-0.39, 0.29) is 13.2 Å². The van der Waals surface area contributed by atoms with Crippen LogP contribution in [0.15, 0.2) is 170 Å². The first-order valence-electron chi connectivity index (χ1n) is 20.2. The molecule has 8 nitrogen and oxygen atoms in total. The predicted octanol–water partition coefficient (Wildman–Crippen LogP) is 12.6. The summed E-state index contributed by atoms with van der Waals surface area (Å²) in [5.74, 6) is 4.21. The van der Waals surface area contributed by atoms with Gasteiger partial charge in [-0.2, -0.15) is 0 Å². The molecule has 6 rings (SSSR count). The van der Waals surface area contributed by atoms with Gasteiger partial charge in [-0.1, -0.05) is 189 Å². The van der Waals surface area contributed by atoms with E-state index < -0.39 is 19.0 Å². The summed E-state index contributed by atoms with van der Waals surface area (Å²) in [6.45, 7) is 1.40. The lowest BCUT2D eigenvalue weighted by atomic mass is 9.80. The molecule has 0 unspecified atom stereocenters. The molecule has 0 radical (unpaired) electrons. The molecule has 0 fully saturated rings.